The molecule has 2 heterocycles. The van der Waals surface area contributed by atoms with Gasteiger partial charge in [0.2, 0.25) is 0 Å². The molecular weight excluding hydrogens is 428 g/mol. The number of aromatic nitrogens is 1. The van der Waals surface area contributed by atoms with Crippen LogP contribution < -0.4 is 4.74 Å². The van der Waals surface area contributed by atoms with Crippen LogP contribution in [-0.4, -0.2) is 39.5 Å². The average Bonchev–Trinajstić information content (AvgIpc) is 2.79. The predicted octanol–water partition coefficient (Wildman–Crippen LogP) is 4.69. The van der Waals surface area contributed by atoms with Crippen molar-refractivity contribution in [1.29, 1.82) is 0 Å². The monoisotopic (exact) mass is 456 g/mol. The summed E-state index contributed by atoms with van der Waals surface area (Å²) in [5.74, 6) is -0.337. The average molecular weight is 456 g/mol. The summed E-state index contributed by atoms with van der Waals surface area (Å²) in [5.41, 5.74) is 0.0286. The van der Waals surface area contributed by atoms with E-state index in [2.05, 4.69) is 4.98 Å². The Labute approximate surface area is 192 Å². The van der Waals surface area contributed by atoms with E-state index < -0.39 is 22.8 Å². The van der Waals surface area contributed by atoms with Crippen molar-refractivity contribution >= 4 is 11.7 Å². The Kier molecular flexibility index (Phi) is 8.13. The number of carboxylic acid groups (broad SMARTS) is 1. The van der Waals surface area contributed by atoms with Gasteiger partial charge in [-0.25, -0.2) is 0 Å². The molecule has 3 atom stereocenters. The standard InChI is InChI=1S/C24H28N2O7/c1-24(2,33-20-12-10-19(11-13-20)26(29)30)23-31-16-18(7-4-3-5-9-21(27)28)22(32-23)17-8-6-14-25-15-17/h3-4,6,8,10-15,18,22-23H,5,7,9,16H2,1-2H3,(H,27,28)/b4-3-. The topological polar surface area (TPSA) is 121 Å². The van der Waals surface area contributed by atoms with Crippen LogP contribution in [0.2, 0.25) is 0 Å². The lowest BCUT2D eigenvalue weighted by Crippen LogP contribution is -2.50. The third-order valence-corrected chi connectivity index (χ3v) is 5.30. The number of nitro groups is 1. The molecule has 0 aliphatic carbocycles. The number of allylic oxidation sites excluding steroid dienone is 2. The van der Waals surface area contributed by atoms with E-state index in [1.54, 1.807) is 24.5 Å². The fourth-order valence-electron chi connectivity index (χ4n) is 3.62. The molecule has 0 spiro atoms. The molecule has 1 aliphatic rings. The zero-order valence-electron chi connectivity index (χ0n) is 18.6. The van der Waals surface area contributed by atoms with Crippen LogP contribution in [0.3, 0.4) is 0 Å². The highest BCUT2D eigenvalue weighted by molar-refractivity contribution is 5.66. The van der Waals surface area contributed by atoms with E-state index in [1.165, 1.54) is 12.1 Å². The molecule has 1 aliphatic heterocycles. The number of nitro benzene ring substituents is 1. The first-order chi connectivity index (χ1) is 15.8. The molecule has 0 amide bonds. The van der Waals surface area contributed by atoms with Crippen LogP contribution in [0.15, 0.2) is 60.9 Å². The Morgan fingerprint density at radius 3 is 2.70 bits per heavy atom. The number of aliphatic carboxylic acids is 1. The van der Waals surface area contributed by atoms with Gasteiger partial charge in [0.05, 0.1) is 17.6 Å². The molecular formula is C24H28N2O7. The van der Waals surface area contributed by atoms with E-state index in [4.69, 9.17) is 19.3 Å². The zero-order chi connectivity index (χ0) is 23.8. The Morgan fingerprint density at radius 1 is 1.30 bits per heavy atom. The molecule has 3 unspecified atom stereocenters. The summed E-state index contributed by atoms with van der Waals surface area (Å²) in [6.45, 7) is 4.09. The molecule has 3 rings (SSSR count). The first kappa shape index (κ1) is 24.3. The van der Waals surface area contributed by atoms with Gasteiger partial charge in [0.25, 0.3) is 5.69 Å². The predicted molar refractivity (Wildman–Crippen MR) is 120 cm³/mol. The molecule has 9 nitrogen and oxygen atoms in total. The van der Waals surface area contributed by atoms with Gasteiger partial charge < -0.3 is 19.3 Å². The van der Waals surface area contributed by atoms with E-state index in [-0.39, 0.29) is 24.1 Å². The molecule has 2 aromatic rings. The zero-order valence-corrected chi connectivity index (χ0v) is 18.6. The van der Waals surface area contributed by atoms with Gasteiger partial charge in [-0.3, -0.25) is 19.9 Å². The van der Waals surface area contributed by atoms with Crippen LogP contribution in [-0.2, 0) is 14.3 Å². The summed E-state index contributed by atoms with van der Waals surface area (Å²) in [4.78, 5) is 25.3. The maximum absolute atomic E-state index is 10.9. The molecule has 1 N–H and O–H groups in total. The van der Waals surface area contributed by atoms with E-state index in [9.17, 15) is 14.9 Å². The van der Waals surface area contributed by atoms with Crippen molar-refractivity contribution in [3.63, 3.8) is 0 Å². The van der Waals surface area contributed by atoms with Gasteiger partial charge in [-0.2, -0.15) is 0 Å². The number of non-ortho nitro benzene ring substituents is 1. The Bertz CT molecular complexity index is 961. The number of pyridine rings is 1. The van der Waals surface area contributed by atoms with E-state index >= 15 is 0 Å². The Morgan fingerprint density at radius 2 is 2.06 bits per heavy atom. The molecule has 1 saturated heterocycles. The second-order valence-corrected chi connectivity index (χ2v) is 8.36. The van der Waals surface area contributed by atoms with E-state index in [0.29, 0.717) is 25.2 Å². The summed E-state index contributed by atoms with van der Waals surface area (Å²) in [6, 6.07) is 9.67. The number of carbonyl (C=O) groups is 1. The SMILES string of the molecule is CC(C)(Oc1ccc([N+](=O)[O-])cc1)C1OCC(C/C=C\CCC(=O)O)C(c2cccnc2)O1. The van der Waals surface area contributed by atoms with Crippen molar-refractivity contribution in [2.45, 2.75) is 51.1 Å². The van der Waals surface area contributed by atoms with Gasteiger partial charge in [-0.15, -0.1) is 0 Å². The van der Waals surface area contributed by atoms with Crippen LogP contribution in [0.1, 0.15) is 44.8 Å². The van der Waals surface area contributed by atoms with Crippen LogP contribution in [0, 0.1) is 16.0 Å². The molecule has 0 bridgehead atoms. The molecule has 1 fully saturated rings. The van der Waals surface area contributed by atoms with Gasteiger partial charge in [-0.05, 0) is 50.5 Å². The number of nitrogens with zero attached hydrogens (tertiary/aromatic N) is 2. The number of benzene rings is 1. The van der Waals surface area contributed by atoms with Crippen molar-refractivity contribution in [3.05, 3.63) is 76.6 Å². The van der Waals surface area contributed by atoms with Gasteiger partial charge >= 0.3 is 5.97 Å². The fraction of sp³-hybridized carbons (Fsp3) is 0.417. The number of hydrogen-bond acceptors (Lipinski definition) is 7. The minimum atomic E-state index is -0.876. The third-order valence-electron chi connectivity index (χ3n) is 5.30. The molecule has 176 valence electrons. The van der Waals surface area contributed by atoms with Gasteiger partial charge in [0, 0.05) is 36.9 Å². The number of hydrogen-bond donors (Lipinski definition) is 1. The number of carboxylic acids is 1. The largest absolute Gasteiger partial charge is 0.483 e. The summed E-state index contributed by atoms with van der Waals surface area (Å²) in [7, 11) is 0. The van der Waals surface area contributed by atoms with E-state index in [0.717, 1.165) is 5.56 Å². The molecule has 33 heavy (non-hydrogen) atoms. The second-order valence-electron chi connectivity index (χ2n) is 8.36. The van der Waals surface area contributed by atoms with Gasteiger partial charge in [0.15, 0.2) is 11.9 Å². The van der Waals surface area contributed by atoms with Crippen molar-refractivity contribution < 1.29 is 29.0 Å². The smallest absolute Gasteiger partial charge is 0.303 e. The van der Waals surface area contributed by atoms with Crippen molar-refractivity contribution in [1.82, 2.24) is 4.98 Å². The van der Waals surface area contributed by atoms with Crippen molar-refractivity contribution in [3.8, 4) is 5.75 Å². The highest BCUT2D eigenvalue weighted by Crippen LogP contribution is 2.38. The number of ether oxygens (including phenoxy) is 3. The lowest BCUT2D eigenvalue weighted by atomic mass is 9.92. The third kappa shape index (κ3) is 6.84. The molecule has 0 saturated carbocycles. The number of rotatable bonds is 10. The molecule has 1 aromatic heterocycles. The fourth-order valence-corrected chi connectivity index (χ4v) is 3.62. The van der Waals surface area contributed by atoms with Gasteiger partial charge in [-0.1, -0.05) is 18.2 Å². The van der Waals surface area contributed by atoms with Crippen molar-refractivity contribution in [2.24, 2.45) is 5.92 Å². The Balaban J connectivity index is 1.70. The normalized spacial score (nSPS) is 21.1. The summed E-state index contributed by atoms with van der Waals surface area (Å²) >= 11 is 0. The molecule has 1 aromatic carbocycles. The highest BCUT2D eigenvalue weighted by Gasteiger charge is 2.42. The van der Waals surface area contributed by atoms with Crippen molar-refractivity contribution in [2.75, 3.05) is 6.61 Å². The summed E-state index contributed by atoms with van der Waals surface area (Å²) in [6.07, 6.45) is 7.53. The maximum Gasteiger partial charge on any atom is 0.303 e. The lowest BCUT2D eigenvalue weighted by molar-refractivity contribution is -0.384. The summed E-state index contributed by atoms with van der Waals surface area (Å²) < 4.78 is 18.5. The van der Waals surface area contributed by atoms with Crippen LogP contribution in [0.25, 0.3) is 0 Å². The van der Waals surface area contributed by atoms with Gasteiger partial charge in [0.1, 0.15) is 5.75 Å². The van der Waals surface area contributed by atoms with Crippen LogP contribution in [0.5, 0.6) is 5.75 Å². The highest BCUT2D eigenvalue weighted by atomic mass is 16.7. The first-order valence-corrected chi connectivity index (χ1v) is 10.7. The van der Waals surface area contributed by atoms with Crippen LogP contribution >= 0.6 is 0 Å². The lowest BCUT2D eigenvalue weighted by Gasteiger charge is -2.42. The quantitative estimate of drug-likeness (QED) is 0.310. The molecule has 0 radical (unpaired) electrons. The summed E-state index contributed by atoms with van der Waals surface area (Å²) in [5, 5.41) is 19.7. The Hall–Kier alpha value is -3.30. The first-order valence-electron chi connectivity index (χ1n) is 10.7. The van der Waals surface area contributed by atoms with E-state index in [1.807, 2.05) is 38.1 Å². The maximum atomic E-state index is 10.9. The minimum Gasteiger partial charge on any atom is -0.483 e. The van der Waals surface area contributed by atoms with Crippen LogP contribution in [0.4, 0.5) is 5.69 Å². The molecule has 9 heteroatoms. The second kappa shape index (κ2) is 11.0. The minimum absolute atomic E-state index is 0.0128.